The fourth-order valence-corrected chi connectivity index (χ4v) is 3.57. The molecule has 0 bridgehead atoms. The fraction of sp³-hybridized carbons (Fsp3) is 0.318. The molecule has 1 aromatic carbocycles. The van der Waals surface area contributed by atoms with Crippen molar-refractivity contribution in [3.05, 3.63) is 92.4 Å². The molecular weight excluding hydrogens is 384 g/mol. The van der Waals surface area contributed by atoms with E-state index in [0.717, 1.165) is 16.8 Å². The summed E-state index contributed by atoms with van der Waals surface area (Å²) in [4.78, 5) is 29.9. The number of thioether (sulfide) groups is 1. The first kappa shape index (κ1) is 20.9. The molecule has 7 heteroatoms. The van der Waals surface area contributed by atoms with Gasteiger partial charge >= 0.3 is 11.4 Å². The normalized spacial score (nSPS) is 16.0. The van der Waals surface area contributed by atoms with Gasteiger partial charge in [-0.2, -0.15) is 16.7 Å². The third kappa shape index (κ3) is 4.98. The molecule has 1 heterocycles. The van der Waals surface area contributed by atoms with Crippen molar-refractivity contribution < 1.29 is 0 Å². The van der Waals surface area contributed by atoms with Crippen LogP contribution in [0.15, 0.2) is 69.9 Å². The van der Waals surface area contributed by atoms with Crippen LogP contribution in [0.1, 0.15) is 31.0 Å². The van der Waals surface area contributed by atoms with Crippen LogP contribution in [0, 0.1) is 6.92 Å². The summed E-state index contributed by atoms with van der Waals surface area (Å²) in [5.41, 5.74) is 1.98. The van der Waals surface area contributed by atoms with Crippen LogP contribution in [0.25, 0.3) is 0 Å². The van der Waals surface area contributed by atoms with Crippen LogP contribution in [0.3, 0.4) is 0 Å². The number of aromatic nitrogens is 3. The van der Waals surface area contributed by atoms with Crippen LogP contribution in [-0.4, -0.2) is 25.6 Å². The molecule has 1 atom stereocenters. The van der Waals surface area contributed by atoms with E-state index >= 15 is 0 Å². The fourth-order valence-electron chi connectivity index (χ4n) is 3.04. The first-order valence-electron chi connectivity index (χ1n) is 9.54. The number of anilines is 1. The summed E-state index contributed by atoms with van der Waals surface area (Å²) < 4.78 is 2.70. The second-order valence-electron chi connectivity index (χ2n) is 7.23. The average molecular weight is 411 g/mol. The van der Waals surface area contributed by atoms with Gasteiger partial charge in [-0.25, -0.2) is 14.2 Å². The minimum atomic E-state index is -0.551. The number of hydrogen-bond donors (Lipinski definition) is 1. The summed E-state index contributed by atoms with van der Waals surface area (Å²) in [6.45, 7) is 5.95. The van der Waals surface area contributed by atoms with E-state index in [2.05, 4.69) is 16.4 Å². The minimum Gasteiger partial charge on any atom is -0.326 e. The number of nitrogens with one attached hydrogen (secondary N) is 1. The van der Waals surface area contributed by atoms with Crippen LogP contribution in [0.5, 0.6) is 0 Å². The van der Waals surface area contributed by atoms with Crippen LogP contribution in [0.2, 0.25) is 0 Å². The zero-order valence-electron chi connectivity index (χ0n) is 17.1. The molecule has 1 aliphatic carbocycles. The maximum Gasteiger partial charge on any atom is 0.355 e. The highest BCUT2D eigenvalue weighted by atomic mass is 32.2. The van der Waals surface area contributed by atoms with Crippen molar-refractivity contribution in [1.82, 2.24) is 14.1 Å². The molecular formula is C22H26N4O2S. The molecule has 0 aliphatic heterocycles. The summed E-state index contributed by atoms with van der Waals surface area (Å²) >= 11 is 1.70. The molecule has 1 aliphatic rings. The Morgan fingerprint density at radius 1 is 1.17 bits per heavy atom. The molecule has 1 aromatic heterocycles. The van der Waals surface area contributed by atoms with E-state index < -0.39 is 5.69 Å². The Morgan fingerprint density at radius 2 is 1.90 bits per heavy atom. The van der Waals surface area contributed by atoms with Gasteiger partial charge in [0.2, 0.25) is 5.95 Å². The predicted octanol–water partition coefficient (Wildman–Crippen LogP) is 3.50. The second-order valence-corrected chi connectivity index (χ2v) is 8.24. The van der Waals surface area contributed by atoms with Gasteiger partial charge in [-0.1, -0.05) is 48.1 Å². The summed E-state index contributed by atoms with van der Waals surface area (Å²) in [6, 6.07) is 7.70. The van der Waals surface area contributed by atoms with E-state index in [4.69, 9.17) is 0 Å². The molecule has 0 saturated heterocycles. The number of hydrogen-bond acceptors (Lipinski definition) is 5. The Morgan fingerprint density at radius 3 is 2.55 bits per heavy atom. The maximum atomic E-state index is 13.1. The Labute approximate surface area is 174 Å². The van der Waals surface area contributed by atoms with Crippen LogP contribution < -0.4 is 16.7 Å². The van der Waals surface area contributed by atoms with E-state index in [1.165, 1.54) is 9.13 Å². The zero-order chi connectivity index (χ0) is 21.0. The topological polar surface area (TPSA) is 68.9 Å². The van der Waals surface area contributed by atoms with Crippen LogP contribution in [0.4, 0.5) is 5.95 Å². The van der Waals surface area contributed by atoms with Crippen LogP contribution >= 0.6 is 11.8 Å². The zero-order valence-corrected chi connectivity index (χ0v) is 17.9. The van der Waals surface area contributed by atoms with E-state index in [0.29, 0.717) is 6.54 Å². The van der Waals surface area contributed by atoms with Crippen LogP contribution in [-0.2, 0) is 6.54 Å². The number of benzene rings is 1. The monoisotopic (exact) mass is 410 g/mol. The number of aryl methyl sites for hydroxylation is 1. The van der Waals surface area contributed by atoms with Gasteiger partial charge in [0.15, 0.2) is 0 Å². The lowest BCUT2D eigenvalue weighted by molar-refractivity contribution is 0.497. The minimum absolute atomic E-state index is 0.195. The van der Waals surface area contributed by atoms with Gasteiger partial charge in [0.25, 0.3) is 0 Å². The SMILES string of the molecule is CSC1C=CC=CC(Nc2nc(=O)n(C(C)C)c(=O)n2Cc2ccc(C)cc2)=C1. The van der Waals surface area contributed by atoms with Gasteiger partial charge in [0.1, 0.15) is 0 Å². The number of nitrogens with zero attached hydrogens (tertiary/aromatic N) is 3. The molecule has 3 rings (SSSR count). The van der Waals surface area contributed by atoms with Crippen molar-refractivity contribution >= 4 is 17.7 Å². The molecule has 0 fully saturated rings. The third-order valence-corrected chi connectivity index (χ3v) is 5.48. The Balaban J connectivity index is 2.07. The van der Waals surface area contributed by atoms with Gasteiger partial charge in [0.05, 0.1) is 6.54 Å². The van der Waals surface area contributed by atoms with Crippen molar-refractivity contribution in [2.45, 2.75) is 38.6 Å². The number of rotatable bonds is 6. The van der Waals surface area contributed by atoms with E-state index in [1.54, 1.807) is 25.6 Å². The Bertz CT molecular complexity index is 1080. The van der Waals surface area contributed by atoms with Gasteiger partial charge < -0.3 is 5.32 Å². The lowest BCUT2D eigenvalue weighted by Crippen LogP contribution is -2.43. The molecule has 0 amide bonds. The van der Waals surface area contributed by atoms with Crippen molar-refractivity contribution in [3.63, 3.8) is 0 Å². The molecule has 0 saturated carbocycles. The van der Waals surface area contributed by atoms with Gasteiger partial charge in [-0.3, -0.25) is 4.57 Å². The standard InChI is InChI=1S/C22H26N4O2S/c1-15(2)26-21(27)24-20(23-18-7-5-6-8-19(13-18)29-4)25(22(26)28)14-17-11-9-16(3)10-12-17/h5-13,15,19H,14H2,1-4H3,(H,23,24,27). The Hall–Kier alpha value is -2.80. The molecule has 2 aromatic rings. The predicted molar refractivity (Wildman–Crippen MR) is 121 cm³/mol. The van der Waals surface area contributed by atoms with Crippen molar-refractivity contribution in [2.75, 3.05) is 11.6 Å². The molecule has 6 nitrogen and oxygen atoms in total. The molecule has 29 heavy (non-hydrogen) atoms. The van der Waals surface area contributed by atoms with E-state index in [1.807, 2.05) is 61.7 Å². The maximum absolute atomic E-state index is 13.1. The summed E-state index contributed by atoms with van der Waals surface area (Å²) in [7, 11) is 0. The summed E-state index contributed by atoms with van der Waals surface area (Å²) in [5, 5.41) is 3.39. The summed E-state index contributed by atoms with van der Waals surface area (Å²) in [5.74, 6) is 0.245. The number of allylic oxidation sites excluding steroid dienone is 3. The summed E-state index contributed by atoms with van der Waals surface area (Å²) in [6.07, 6.45) is 12.0. The molecule has 1 unspecified atom stereocenters. The van der Waals surface area contributed by atoms with Crippen molar-refractivity contribution in [3.8, 4) is 0 Å². The second kappa shape index (κ2) is 9.13. The highest BCUT2D eigenvalue weighted by molar-refractivity contribution is 7.99. The van der Waals surface area contributed by atoms with Crippen molar-refractivity contribution in [2.24, 2.45) is 0 Å². The van der Waals surface area contributed by atoms with Gasteiger partial charge in [-0.05, 0) is 44.7 Å². The lowest BCUT2D eigenvalue weighted by atomic mass is 10.1. The Kier molecular flexibility index (Phi) is 6.59. The molecule has 1 N–H and O–H groups in total. The van der Waals surface area contributed by atoms with E-state index in [9.17, 15) is 9.59 Å². The quantitative estimate of drug-likeness (QED) is 0.789. The van der Waals surface area contributed by atoms with Gasteiger partial charge in [-0.15, -0.1) is 0 Å². The first-order valence-corrected chi connectivity index (χ1v) is 10.8. The molecule has 0 spiro atoms. The van der Waals surface area contributed by atoms with E-state index in [-0.39, 0.29) is 22.9 Å². The third-order valence-electron chi connectivity index (χ3n) is 4.64. The first-order chi connectivity index (χ1) is 13.9. The van der Waals surface area contributed by atoms with Gasteiger partial charge in [0, 0.05) is 17.0 Å². The highest BCUT2D eigenvalue weighted by Crippen LogP contribution is 2.17. The molecule has 0 radical (unpaired) electrons. The molecule has 152 valence electrons. The average Bonchev–Trinajstić information content (AvgIpc) is 2.91. The smallest absolute Gasteiger partial charge is 0.326 e. The van der Waals surface area contributed by atoms with Crippen molar-refractivity contribution in [1.29, 1.82) is 0 Å². The lowest BCUT2D eigenvalue weighted by Gasteiger charge is -2.18. The highest BCUT2D eigenvalue weighted by Gasteiger charge is 2.16. The largest absolute Gasteiger partial charge is 0.355 e.